The van der Waals surface area contributed by atoms with E-state index in [1.807, 2.05) is 35.2 Å². The number of carbonyl (C=O) groups is 1. The van der Waals surface area contributed by atoms with Crippen LogP contribution < -0.4 is 10.1 Å². The van der Waals surface area contributed by atoms with Crippen molar-refractivity contribution in [2.45, 2.75) is 51.6 Å². The predicted octanol–water partition coefficient (Wildman–Crippen LogP) is 2.61. The minimum Gasteiger partial charge on any atom is -0.467 e. The molecule has 148 valence electrons. The molecule has 0 unspecified atom stereocenters. The van der Waals surface area contributed by atoms with Gasteiger partial charge >= 0.3 is 0 Å². The smallest absolute Gasteiger partial charge is 0.260 e. The molecule has 1 saturated heterocycles. The molecule has 0 saturated carbocycles. The second-order valence-electron chi connectivity index (χ2n) is 7.91. The molecular weight excluding hydrogens is 352 g/mol. The van der Waals surface area contributed by atoms with Gasteiger partial charge in [0.25, 0.3) is 5.91 Å². The number of piperazine rings is 1. The molecule has 28 heavy (non-hydrogen) atoms. The molecule has 1 aromatic carbocycles. The molecule has 2 aromatic rings. The van der Waals surface area contributed by atoms with Crippen molar-refractivity contribution in [2.24, 2.45) is 0 Å². The molecule has 4 rings (SSSR count). The highest BCUT2D eigenvalue weighted by Crippen LogP contribution is 2.30. The molecule has 1 N–H and O–H groups in total. The molecule has 0 bridgehead atoms. The van der Waals surface area contributed by atoms with Crippen LogP contribution in [0.1, 0.15) is 37.9 Å². The molecule has 2 aliphatic rings. The quantitative estimate of drug-likeness (QED) is 0.883. The normalized spacial score (nSPS) is 21.9. The summed E-state index contributed by atoms with van der Waals surface area (Å²) in [6, 6.07) is 10.5. The summed E-state index contributed by atoms with van der Waals surface area (Å²) in [5, 5.41) is 3.45. The number of aromatic nitrogens is 2. The van der Waals surface area contributed by atoms with Crippen molar-refractivity contribution in [1.82, 2.24) is 20.2 Å². The van der Waals surface area contributed by atoms with Gasteiger partial charge in [0.05, 0.1) is 5.69 Å². The number of fused-ring (bicyclic) bond motifs is 1. The number of amides is 1. The lowest BCUT2D eigenvalue weighted by Gasteiger charge is -2.36. The van der Waals surface area contributed by atoms with Crippen molar-refractivity contribution in [2.75, 3.05) is 19.7 Å². The van der Waals surface area contributed by atoms with Gasteiger partial charge in [0.2, 0.25) is 5.88 Å². The summed E-state index contributed by atoms with van der Waals surface area (Å²) in [4.78, 5) is 24.1. The molecule has 6 nitrogen and oxygen atoms in total. The minimum atomic E-state index is 0.0182. The fraction of sp³-hybridized carbons (Fsp3) is 0.500. The summed E-state index contributed by atoms with van der Waals surface area (Å²) >= 11 is 0. The standard InChI is InChI=1S/C22H28N4O2/c1-15-12-26(13-16(2)23-15)20(27)14-28-22-18-10-6-7-11-19(18)24-21(25-22)17-8-4-3-5-9-17/h3-5,8-9,15-16,23H,6-7,10-14H2,1-2H3/t15-,16+. The minimum absolute atomic E-state index is 0.0182. The Balaban J connectivity index is 1.54. The second kappa shape index (κ2) is 8.27. The zero-order valence-electron chi connectivity index (χ0n) is 16.6. The van der Waals surface area contributed by atoms with E-state index in [9.17, 15) is 4.79 Å². The Kier molecular flexibility index (Phi) is 5.57. The van der Waals surface area contributed by atoms with E-state index in [1.165, 1.54) is 0 Å². The summed E-state index contributed by atoms with van der Waals surface area (Å²) in [6.45, 7) is 5.65. The summed E-state index contributed by atoms with van der Waals surface area (Å²) in [5.74, 6) is 1.27. The number of hydrogen-bond acceptors (Lipinski definition) is 5. The number of nitrogens with one attached hydrogen (secondary N) is 1. The lowest BCUT2D eigenvalue weighted by molar-refractivity contribution is -0.135. The lowest BCUT2D eigenvalue weighted by Crippen LogP contribution is -2.56. The van der Waals surface area contributed by atoms with E-state index in [-0.39, 0.29) is 12.5 Å². The molecule has 2 heterocycles. The molecule has 0 radical (unpaired) electrons. The van der Waals surface area contributed by atoms with Crippen LogP contribution in [0.4, 0.5) is 0 Å². The topological polar surface area (TPSA) is 67.4 Å². The average molecular weight is 380 g/mol. The third-order valence-corrected chi connectivity index (χ3v) is 5.42. The molecule has 1 fully saturated rings. The maximum Gasteiger partial charge on any atom is 0.260 e. The highest BCUT2D eigenvalue weighted by molar-refractivity contribution is 5.78. The number of benzene rings is 1. The maximum absolute atomic E-state index is 12.7. The Hall–Kier alpha value is -2.47. The molecular formula is C22H28N4O2. The van der Waals surface area contributed by atoms with Crippen LogP contribution in [0.25, 0.3) is 11.4 Å². The number of nitrogens with zero attached hydrogens (tertiary/aromatic N) is 3. The van der Waals surface area contributed by atoms with Gasteiger partial charge in [-0.25, -0.2) is 4.98 Å². The molecule has 0 spiro atoms. The first kappa shape index (κ1) is 18.9. The third-order valence-electron chi connectivity index (χ3n) is 5.42. The number of carbonyl (C=O) groups excluding carboxylic acids is 1. The van der Waals surface area contributed by atoms with E-state index in [0.29, 0.717) is 36.9 Å². The van der Waals surface area contributed by atoms with Crippen LogP contribution in [0.15, 0.2) is 30.3 Å². The van der Waals surface area contributed by atoms with Crippen LogP contribution in [0, 0.1) is 0 Å². The molecule has 1 aromatic heterocycles. The van der Waals surface area contributed by atoms with Crippen LogP contribution in [-0.2, 0) is 17.6 Å². The first-order valence-electron chi connectivity index (χ1n) is 10.2. The number of hydrogen-bond donors (Lipinski definition) is 1. The Morgan fingerprint density at radius 2 is 1.82 bits per heavy atom. The van der Waals surface area contributed by atoms with Gasteiger partial charge in [-0.15, -0.1) is 0 Å². The van der Waals surface area contributed by atoms with E-state index >= 15 is 0 Å². The first-order valence-corrected chi connectivity index (χ1v) is 10.2. The Morgan fingerprint density at radius 3 is 2.57 bits per heavy atom. The Bertz CT molecular complexity index is 830. The summed E-state index contributed by atoms with van der Waals surface area (Å²) in [6.07, 6.45) is 4.09. The van der Waals surface area contributed by atoms with Crippen LogP contribution in [0.2, 0.25) is 0 Å². The third kappa shape index (κ3) is 4.17. The Labute approximate surface area is 166 Å². The fourth-order valence-electron chi connectivity index (χ4n) is 4.15. The largest absolute Gasteiger partial charge is 0.467 e. The van der Waals surface area contributed by atoms with Crippen LogP contribution in [-0.4, -0.2) is 52.6 Å². The number of ether oxygens (including phenoxy) is 1. The monoisotopic (exact) mass is 380 g/mol. The first-order chi connectivity index (χ1) is 13.6. The van der Waals surface area contributed by atoms with Crippen molar-refractivity contribution >= 4 is 5.91 Å². The Morgan fingerprint density at radius 1 is 1.11 bits per heavy atom. The highest BCUT2D eigenvalue weighted by Gasteiger charge is 2.26. The van der Waals surface area contributed by atoms with Gasteiger partial charge in [-0.1, -0.05) is 30.3 Å². The van der Waals surface area contributed by atoms with Crippen molar-refractivity contribution in [3.63, 3.8) is 0 Å². The van der Waals surface area contributed by atoms with E-state index < -0.39 is 0 Å². The van der Waals surface area contributed by atoms with E-state index in [0.717, 1.165) is 42.5 Å². The fourth-order valence-corrected chi connectivity index (χ4v) is 4.15. The molecule has 2 atom stereocenters. The van der Waals surface area contributed by atoms with E-state index in [1.54, 1.807) is 0 Å². The highest BCUT2D eigenvalue weighted by atomic mass is 16.5. The summed E-state index contributed by atoms with van der Waals surface area (Å²) in [5.41, 5.74) is 3.10. The van der Waals surface area contributed by atoms with Gasteiger partial charge in [0, 0.05) is 36.3 Å². The van der Waals surface area contributed by atoms with Gasteiger partial charge in [0.1, 0.15) is 0 Å². The SMILES string of the molecule is C[C@@H]1CN(C(=O)COc2nc(-c3ccccc3)nc3c2CCCC3)C[C@H](C)N1. The maximum atomic E-state index is 12.7. The molecule has 1 amide bonds. The van der Waals surface area contributed by atoms with Gasteiger partial charge in [-0.3, -0.25) is 4.79 Å². The van der Waals surface area contributed by atoms with Crippen LogP contribution in [0.5, 0.6) is 5.88 Å². The van der Waals surface area contributed by atoms with E-state index in [4.69, 9.17) is 9.72 Å². The van der Waals surface area contributed by atoms with Crippen LogP contribution >= 0.6 is 0 Å². The van der Waals surface area contributed by atoms with E-state index in [2.05, 4.69) is 24.1 Å². The average Bonchev–Trinajstić information content (AvgIpc) is 2.71. The van der Waals surface area contributed by atoms with Crippen molar-refractivity contribution < 1.29 is 9.53 Å². The zero-order valence-corrected chi connectivity index (χ0v) is 16.6. The summed E-state index contributed by atoms with van der Waals surface area (Å²) in [7, 11) is 0. The summed E-state index contributed by atoms with van der Waals surface area (Å²) < 4.78 is 5.99. The van der Waals surface area contributed by atoms with Crippen molar-refractivity contribution in [3.05, 3.63) is 41.6 Å². The molecule has 1 aliphatic heterocycles. The van der Waals surface area contributed by atoms with Crippen LogP contribution in [0.3, 0.4) is 0 Å². The second-order valence-corrected chi connectivity index (χ2v) is 7.91. The van der Waals surface area contributed by atoms with Gasteiger partial charge < -0.3 is 15.0 Å². The van der Waals surface area contributed by atoms with Crippen molar-refractivity contribution in [3.8, 4) is 17.3 Å². The molecule has 1 aliphatic carbocycles. The zero-order chi connectivity index (χ0) is 19.5. The number of rotatable bonds is 4. The lowest BCUT2D eigenvalue weighted by atomic mass is 9.96. The van der Waals surface area contributed by atoms with Gasteiger partial charge in [-0.2, -0.15) is 4.98 Å². The number of aryl methyl sites for hydroxylation is 1. The van der Waals surface area contributed by atoms with Crippen molar-refractivity contribution in [1.29, 1.82) is 0 Å². The molecule has 6 heteroatoms. The van der Waals surface area contributed by atoms with Gasteiger partial charge in [-0.05, 0) is 39.5 Å². The van der Waals surface area contributed by atoms with Gasteiger partial charge in [0.15, 0.2) is 12.4 Å². The predicted molar refractivity (Wildman–Crippen MR) is 108 cm³/mol.